The quantitative estimate of drug-likeness (QED) is 0.598. The third kappa shape index (κ3) is 2.15. The molecule has 122 valence electrons. The minimum Gasteiger partial charge on any atom is -0.478 e. The van der Waals surface area contributed by atoms with Gasteiger partial charge in [0, 0.05) is 16.3 Å². The lowest BCUT2D eigenvalue weighted by atomic mass is 10.0. The molecule has 25 heavy (non-hydrogen) atoms. The van der Waals surface area contributed by atoms with Crippen molar-refractivity contribution in [3.05, 3.63) is 71.9 Å². The first-order valence-corrected chi connectivity index (χ1v) is 7.54. The van der Waals surface area contributed by atoms with Gasteiger partial charge >= 0.3 is 11.9 Å². The number of hydrogen-bond donors (Lipinski definition) is 2. The summed E-state index contributed by atoms with van der Waals surface area (Å²) in [4.78, 5) is 23.8. The summed E-state index contributed by atoms with van der Waals surface area (Å²) in [5.41, 5.74) is 0.608. The zero-order valence-electron chi connectivity index (χ0n) is 12.9. The van der Waals surface area contributed by atoms with Gasteiger partial charge in [-0.2, -0.15) is 5.10 Å². The highest BCUT2D eigenvalue weighted by Crippen LogP contribution is 2.34. The Morgan fingerprint density at radius 1 is 0.840 bits per heavy atom. The molecule has 0 spiro atoms. The first-order chi connectivity index (χ1) is 12.1. The van der Waals surface area contributed by atoms with Crippen LogP contribution in [0.25, 0.3) is 27.5 Å². The van der Waals surface area contributed by atoms with E-state index >= 15 is 0 Å². The summed E-state index contributed by atoms with van der Waals surface area (Å²) in [5, 5.41) is 25.2. The second kappa shape index (κ2) is 5.45. The van der Waals surface area contributed by atoms with Crippen LogP contribution in [0.5, 0.6) is 0 Å². The molecule has 0 amide bonds. The van der Waals surface area contributed by atoms with E-state index in [1.807, 2.05) is 12.1 Å². The van der Waals surface area contributed by atoms with Gasteiger partial charge in [0.2, 0.25) is 0 Å². The van der Waals surface area contributed by atoms with E-state index in [-0.39, 0.29) is 22.3 Å². The largest absolute Gasteiger partial charge is 0.478 e. The minimum absolute atomic E-state index is 0.254. The van der Waals surface area contributed by atoms with Crippen LogP contribution in [0.15, 0.2) is 60.8 Å². The zero-order valence-corrected chi connectivity index (χ0v) is 12.9. The fraction of sp³-hybridized carbons (Fsp3) is 0. The van der Waals surface area contributed by atoms with E-state index < -0.39 is 11.9 Å². The van der Waals surface area contributed by atoms with Crippen LogP contribution in [0.3, 0.4) is 0 Å². The molecule has 2 N–H and O–H groups in total. The molecule has 0 radical (unpaired) electrons. The first-order valence-electron chi connectivity index (χ1n) is 7.54. The van der Waals surface area contributed by atoms with Crippen molar-refractivity contribution in [2.24, 2.45) is 0 Å². The molecule has 0 unspecified atom stereocenters. The van der Waals surface area contributed by atoms with Crippen LogP contribution in [0, 0.1) is 0 Å². The summed E-state index contributed by atoms with van der Waals surface area (Å²) in [6, 6.07) is 16.0. The standard InChI is InChI=1S/C19H12N2O4/c22-18(23)14-15(19(24)25)17-13-9-5-4-8-12(13)10-20-21(17)16(14)11-6-2-1-3-7-11/h1-10H,(H,22,23)(H,24,25). The molecule has 0 aliphatic heterocycles. The molecule has 4 aromatic rings. The van der Waals surface area contributed by atoms with Gasteiger partial charge in [0.1, 0.15) is 11.1 Å². The van der Waals surface area contributed by atoms with Crippen molar-refractivity contribution in [2.75, 3.05) is 0 Å². The third-order valence-electron chi connectivity index (χ3n) is 4.15. The van der Waals surface area contributed by atoms with E-state index in [4.69, 9.17) is 0 Å². The molecule has 0 aliphatic carbocycles. The van der Waals surface area contributed by atoms with Crippen LogP contribution in [-0.4, -0.2) is 31.8 Å². The van der Waals surface area contributed by atoms with Crippen LogP contribution >= 0.6 is 0 Å². The normalized spacial score (nSPS) is 11.0. The van der Waals surface area contributed by atoms with Crippen molar-refractivity contribution in [3.8, 4) is 11.3 Å². The molecular formula is C19H12N2O4. The Labute approximate surface area is 141 Å². The number of carboxylic acid groups (broad SMARTS) is 2. The maximum atomic E-state index is 11.9. The predicted molar refractivity (Wildman–Crippen MR) is 92.1 cm³/mol. The maximum absolute atomic E-state index is 11.9. The molecule has 6 nitrogen and oxygen atoms in total. The van der Waals surface area contributed by atoms with Gasteiger partial charge in [0.25, 0.3) is 0 Å². The first kappa shape index (κ1) is 14.9. The van der Waals surface area contributed by atoms with Crippen LogP contribution in [-0.2, 0) is 0 Å². The van der Waals surface area contributed by atoms with Gasteiger partial charge in [0.15, 0.2) is 0 Å². The highest BCUT2D eigenvalue weighted by atomic mass is 16.4. The number of aromatic nitrogens is 2. The lowest BCUT2D eigenvalue weighted by Crippen LogP contribution is -2.06. The van der Waals surface area contributed by atoms with Gasteiger partial charge in [0.05, 0.1) is 17.4 Å². The fourth-order valence-corrected chi connectivity index (χ4v) is 3.15. The Hall–Kier alpha value is -3.67. The maximum Gasteiger partial charge on any atom is 0.338 e. The van der Waals surface area contributed by atoms with Crippen LogP contribution in [0.4, 0.5) is 0 Å². The lowest BCUT2D eigenvalue weighted by molar-refractivity contribution is 0.0655. The molecule has 2 aromatic carbocycles. The molecule has 0 saturated heterocycles. The third-order valence-corrected chi connectivity index (χ3v) is 4.15. The molecule has 2 heterocycles. The minimum atomic E-state index is -1.30. The van der Waals surface area contributed by atoms with Crippen molar-refractivity contribution in [2.45, 2.75) is 0 Å². The molecule has 4 rings (SSSR count). The monoisotopic (exact) mass is 332 g/mol. The number of nitrogens with zero attached hydrogens (tertiary/aromatic N) is 2. The molecule has 0 saturated carbocycles. The highest BCUT2D eigenvalue weighted by Gasteiger charge is 2.30. The van der Waals surface area contributed by atoms with Gasteiger partial charge in [-0.15, -0.1) is 0 Å². The van der Waals surface area contributed by atoms with Crippen LogP contribution in [0.1, 0.15) is 20.7 Å². The number of rotatable bonds is 3. The fourth-order valence-electron chi connectivity index (χ4n) is 3.15. The highest BCUT2D eigenvalue weighted by molar-refractivity contribution is 6.16. The SMILES string of the molecule is O=C(O)c1c(C(=O)O)c2c3ccccc3cnn2c1-c1ccccc1. The predicted octanol–water partition coefficient (Wildman–Crippen LogP) is 3.55. The zero-order chi connectivity index (χ0) is 17.6. The number of fused-ring (bicyclic) bond motifs is 3. The number of aromatic carboxylic acids is 2. The second-order valence-electron chi connectivity index (χ2n) is 5.57. The number of carbonyl (C=O) groups is 2. The molecule has 0 atom stereocenters. The average Bonchev–Trinajstić information content (AvgIpc) is 2.98. The Bertz CT molecular complexity index is 1150. The summed E-state index contributed by atoms with van der Waals surface area (Å²) >= 11 is 0. The molecule has 0 aliphatic rings. The van der Waals surface area contributed by atoms with Gasteiger partial charge < -0.3 is 10.2 Å². The Kier molecular flexibility index (Phi) is 3.25. The van der Waals surface area contributed by atoms with E-state index in [1.165, 1.54) is 4.52 Å². The molecule has 0 fully saturated rings. The van der Waals surface area contributed by atoms with E-state index in [9.17, 15) is 19.8 Å². The summed E-state index contributed by atoms with van der Waals surface area (Å²) < 4.78 is 1.41. The summed E-state index contributed by atoms with van der Waals surface area (Å²) in [5.74, 6) is -2.60. The summed E-state index contributed by atoms with van der Waals surface area (Å²) in [6.45, 7) is 0. The van der Waals surface area contributed by atoms with Gasteiger partial charge in [-0.1, -0.05) is 54.6 Å². The Morgan fingerprint density at radius 2 is 1.48 bits per heavy atom. The summed E-state index contributed by atoms with van der Waals surface area (Å²) in [7, 11) is 0. The van der Waals surface area contributed by atoms with Crippen molar-refractivity contribution >= 4 is 28.2 Å². The van der Waals surface area contributed by atoms with E-state index in [0.717, 1.165) is 5.39 Å². The summed E-state index contributed by atoms with van der Waals surface area (Å²) in [6.07, 6.45) is 1.60. The Balaban J connectivity index is 2.29. The van der Waals surface area contributed by atoms with Gasteiger partial charge in [-0.25, -0.2) is 14.1 Å². The van der Waals surface area contributed by atoms with E-state index in [1.54, 1.807) is 48.7 Å². The van der Waals surface area contributed by atoms with E-state index in [2.05, 4.69) is 5.10 Å². The number of hydrogen-bond acceptors (Lipinski definition) is 3. The lowest BCUT2D eigenvalue weighted by Gasteiger charge is -2.05. The van der Waals surface area contributed by atoms with Gasteiger partial charge in [-0.3, -0.25) is 0 Å². The van der Waals surface area contributed by atoms with Crippen molar-refractivity contribution in [1.29, 1.82) is 0 Å². The average molecular weight is 332 g/mol. The molecule has 0 bridgehead atoms. The van der Waals surface area contributed by atoms with Crippen molar-refractivity contribution < 1.29 is 19.8 Å². The van der Waals surface area contributed by atoms with E-state index in [0.29, 0.717) is 10.9 Å². The van der Waals surface area contributed by atoms with Crippen LogP contribution < -0.4 is 0 Å². The van der Waals surface area contributed by atoms with Crippen LogP contribution in [0.2, 0.25) is 0 Å². The number of carboxylic acids is 2. The smallest absolute Gasteiger partial charge is 0.338 e. The molecular weight excluding hydrogens is 320 g/mol. The Morgan fingerprint density at radius 3 is 2.16 bits per heavy atom. The second-order valence-corrected chi connectivity index (χ2v) is 5.57. The van der Waals surface area contributed by atoms with Crippen molar-refractivity contribution in [1.82, 2.24) is 9.61 Å². The molecule has 2 aromatic heterocycles. The van der Waals surface area contributed by atoms with Gasteiger partial charge in [-0.05, 0) is 0 Å². The molecule has 6 heteroatoms. The topological polar surface area (TPSA) is 91.9 Å². The van der Waals surface area contributed by atoms with Crippen molar-refractivity contribution in [3.63, 3.8) is 0 Å². The number of benzene rings is 2.